The Balaban J connectivity index is 1.38. The van der Waals surface area contributed by atoms with Gasteiger partial charge in [0.25, 0.3) is 0 Å². The van der Waals surface area contributed by atoms with E-state index in [2.05, 4.69) is 20.3 Å². The number of rotatable bonds is 8. The van der Waals surface area contributed by atoms with Crippen LogP contribution in [0.4, 0.5) is 5.95 Å². The van der Waals surface area contributed by atoms with Crippen molar-refractivity contribution in [1.82, 2.24) is 19.4 Å². The summed E-state index contributed by atoms with van der Waals surface area (Å²) in [6.45, 7) is 0.619. The molecule has 8 nitrogen and oxygen atoms in total. The summed E-state index contributed by atoms with van der Waals surface area (Å²) in [5, 5.41) is 3.42. The average Bonchev–Trinajstić information content (AvgIpc) is 3.33. The molecule has 0 radical (unpaired) electrons. The second kappa shape index (κ2) is 9.50. The van der Waals surface area contributed by atoms with E-state index in [0.29, 0.717) is 29.9 Å². The molecule has 0 aliphatic carbocycles. The number of hydrogen-bond donors (Lipinski definition) is 1. The lowest BCUT2D eigenvalue weighted by Gasteiger charge is -2.11. The zero-order valence-electron chi connectivity index (χ0n) is 18.8. The summed E-state index contributed by atoms with van der Waals surface area (Å²) in [5.41, 5.74) is 3.00. The highest BCUT2D eigenvalue weighted by Crippen LogP contribution is 2.27. The van der Waals surface area contributed by atoms with Gasteiger partial charge in [-0.2, -0.15) is 0 Å². The minimum atomic E-state index is 0.465. The summed E-state index contributed by atoms with van der Waals surface area (Å²) in [6, 6.07) is 21.1. The molecular weight excluding hydrogens is 430 g/mol. The van der Waals surface area contributed by atoms with E-state index in [0.717, 1.165) is 28.2 Å². The molecule has 2 aromatic carbocycles. The number of aromatic nitrogens is 4. The van der Waals surface area contributed by atoms with Crippen molar-refractivity contribution >= 4 is 11.5 Å². The van der Waals surface area contributed by atoms with Gasteiger partial charge in [0.05, 0.1) is 25.9 Å². The molecule has 0 spiro atoms. The highest BCUT2D eigenvalue weighted by molar-refractivity contribution is 5.65. The summed E-state index contributed by atoms with van der Waals surface area (Å²) in [5.74, 6) is 4.14. The fourth-order valence-electron chi connectivity index (χ4n) is 3.57. The Morgan fingerprint density at radius 1 is 0.765 bits per heavy atom. The van der Waals surface area contributed by atoms with Crippen molar-refractivity contribution < 1.29 is 14.2 Å². The molecule has 0 aliphatic heterocycles. The lowest BCUT2D eigenvalue weighted by molar-refractivity contribution is 0.405. The minimum absolute atomic E-state index is 0.465. The zero-order valence-corrected chi connectivity index (χ0v) is 18.8. The first-order chi connectivity index (χ1) is 16.7. The molecule has 0 aliphatic rings. The average molecular weight is 454 g/mol. The number of anilines is 1. The summed E-state index contributed by atoms with van der Waals surface area (Å²) in [7, 11) is 3.27. The highest BCUT2D eigenvalue weighted by Gasteiger charge is 2.12. The number of nitrogens with zero attached hydrogens (tertiary/aromatic N) is 4. The minimum Gasteiger partial charge on any atom is -0.497 e. The van der Waals surface area contributed by atoms with Crippen LogP contribution in [0.5, 0.6) is 23.1 Å². The molecule has 5 rings (SSSR count). The molecule has 0 unspecified atom stereocenters. The van der Waals surface area contributed by atoms with Gasteiger partial charge in [-0.15, -0.1) is 0 Å². The third-order valence-corrected chi connectivity index (χ3v) is 5.33. The Kier molecular flexibility index (Phi) is 5.94. The first-order valence-corrected chi connectivity index (χ1v) is 10.7. The number of pyridine rings is 1. The predicted molar refractivity (Wildman–Crippen MR) is 130 cm³/mol. The summed E-state index contributed by atoms with van der Waals surface area (Å²) < 4.78 is 18.3. The number of ether oxygens (including phenoxy) is 3. The number of fused-ring (bicyclic) bond motifs is 1. The van der Waals surface area contributed by atoms with Crippen LogP contribution in [-0.4, -0.2) is 33.6 Å². The molecule has 0 bridgehead atoms. The van der Waals surface area contributed by atoms with E-state index in [4.69, 9.17) is 14.2 Å². The number of hydrogen-bond acceptors (Lipinski definition) is 7. The van der Waals surface area contributed by atoms with Crippen LogP contribution < -0.4 is 19.5 Å². The van der Waals surface area contributed by atoms with Gasteiger partial charge in [0.15, 0.2) is 0 Å². The first-order valence-electron chi connectivity index (χ1n) is 10.7. The third kappa shape index (κ3) is 4.47. The molecule has 1 N–H and O–H groups in total. The van der Waals surface area contributed by atoms with E-state index < -0.39 is 0 Å². The number of methoxy groups -OCH3 is 2. The summed E-state index contributed by atoms with van der Waals surface area (Å²) >= 11 is 0. The van der Waals surface area contributed by atoms with E-state index in [9.17, 15) is 0 Å². The maximum absolute atomic E-state index is 5.86. The second-order valence-electron chi connectivity index (χ2n) is 7.47. The van der Waals surface area contributed by atoms with Crippen LogP contribution in [0.3, 0.4) is 0 Å². The van der Waals surface area contributed by atoms with Crippen molar-refractivity contribution in [2.75, 3.05) is 19.5 Å². The lowest BCUT2D eigenvalue weighted by Crippen LogP contribution is -2.07. The second-order valence-corrected chi connectivity index (χ2v) is 7.47. The van der Waals surface area contributed by atoms with E-state index in [1.807, 2.05) is 65.2 Å². The highest BCUT2D eigenvalue weighted by atomic mass is 16.5. The molecule has 34 heavy (non-hydrogen) atoms. The van der Waals surface area contributed by atoms with Crippen LogP contribution in [0.25, 0.3) is 16.9 Å². The Hall–Kier alpha value is -4.59. The molecule has 0 atom stereocenters. The molecular formula is C26H23N5O3. The Morgan fingerprint density at radius 3 is 2.26 bits per heavy atom. The van der Waals surface area contributed by atoms with Crippen LogP contribution in [0.1, 0.15) is 5.56 Å². The molecule has 0 saturated carbocycles. The van der Waals surface area contributed by atoms with Gasteiger partial charge in [-0.1, -0.05) is 12.1 Å². The molecule has 170 valence electrons. The number of nitrogens with one attached hydrogen (secondary N) is 1. The van der Waals surface area contributed by atoms with Crippen LogP contribution in [0.2, 0.25) is 0 Å². The first kappa shape index (κ1) is 21.3. The molecule has 8 heteroatoms. The maximum atomic E-state index is 5.86. The van der Waals surface area contributed by atoms with E-state index in [1.165, 1.54) is 0 Å². The topological polar surface area (TPSA) is 82.8 Å². The summed E-state index contributed by atoms with van der Waals surface area (Å²) in [4.78, 5) is 13.4. The van der Waals surface area contributed by atoms with Crippen LogP contribution >= 0.6 is 0 Å². The van der Waals surface area contributed by atoms with Crippen LogP contribution in [0, 0.1) is 0 Å². The molecule has 3 aromatic heterocycles. The smallest absolute Gasteiger partial charge is 0.222 e. The van der Waals surface area contributed by atoms with Gasteiger partial charge in [-0.05, 0) is 54.1 Å². The van der Waals surface area contributed by atoms with E-state index in [-0.39, 0.29) is 0 Å². The third-order valence-electron chi connectivity index (χ3n) is 5.33. The van der Waals surface area contributed by atoms with E-state index in [1.54, 1.807) is 38.7 Å². The summed E-state index contributed by atoms with van der Waals surface area (Å²) in [6.07, 6.45) is 5.25. The molecule has 3 heterocycles. The standard InChI is InChI=1S/C26H23N5O3/c1-32-21-7-3-18(4-8-21)16-30-26-28-13-11-20-17-29-25(31(20)26)19-5-9-22(10-6-19)34-24-15-23(33-2)12-14-27-24/h3-15,17H,16H2,1-2H3,(H,28,30). The van der Waals surface area contributed by atoms with Crippen molar-refractivity contribution in [3.8, 4) is 34.5 Å². The van der Waals surface area contributed by atoms with Crippen molar-refractivity contribution in [1.29, 1.82) is 0 Å². The monoisotopic (exact) mass is 453 g/mol. The van der Waals surface area contributed by atoms with Crippen LogP contribution in [0.15, 0.2) is 85.3 Å². The van der Waals surface area contributed by atoms with Crippen LogP contribution in [-0.2, 0) is 6.54 Å². The molecule has 0 saturated heterocycles. The molecule has 0 amide bonds. The number of imidazole rings is 1. The van der Waals surface area contributed by atoms with Gasteiger partial charge in [0, 0.05) is 30.6 Å². The largest absolute Gasteiger partial charge is 0.497 e. The van der Waals surface area contributed by atoms with Crippen molar-refractivity contribution in [2.45, 2.75) is 6.54 Å². The Bertz CT molecular complexity index is 1400. The fraction of sp³-hybridized carbons (Fsp3) is 0.115. The number of benzene rings is 2. The zero-order chi connectivity index (χ0) is 23.3. The molecule has 5 aromatic rings. The van der Waals surface area contributed by atoms with Crippen molar-refractivity contribution in [3.63, 3.8) is 0 Å². The SMILES string of the molecule is COc1ccc(CNc2nccc3cnc(-c4ccc(Oc5cc(OC)ccn5)cc4)n23)cc1. The normalized spacial score (nSPS) is 10.8. The maximum Gasteiger partial charge on any atom is 0.222 e. The van der Waals surface area contributed by atoms with Gasteiger partial charge in [-0.25, -0.2) is 15.0 Å². The quantitative estimate of drug-likeness (QED) is 0.345. The van der Waals surface area contributed by atoms with Gasteiger partial charge in [0.2, 0.25) is 11.8 Å². The van der Waals surface area contributed by atoms with Gasteiger partial charge in [0.1, 0.15) is 23.1 Å². The van der Waals surface area contributed by atoms with Gasteiger partial charge in [-0.3, -0.25) is 4.40 Å². The van der Waals surface area contributed by atoms with E-state index >= 15 is 0 Å². The Labute approximate surface area is 196 Å². The molecule has 0 fully saturated rings. The predicted octanol–water partition coefficient (Wildman–Crippen LogP) is 5.21. The van der Waals surface area contributed by atoms with Crippen molar-refractivity contribution in [2.24, 2.45) is 0 Å². The van der Waals surface area contributed by atoms with Gasteiger partial charge >= 0.3 is 0 Å². The Morgan fingerprint density at radius 2 is 1.50 bits per heavy atom. The fourth-order valence-corrected chi connectivity index (χ4v) is 3.57. The van der Waals surface area contributed by atoms with Crippen molar-refractivity contribution in [3.05, 3.63) is 90.9 Å². The van der Waals surface area contributed by atoms with Gasteiger partial charge < -0.3 is 19.5 Å². The lowest BCUT2D eigenvalue weighted by atomic mass is 10.2.